The molecule has 1 fully saturated rings. The molecule has 7 heteroatoms. The molecule has 1 aliphatic rings. The number of nitrogens with zero attached hydrogens (tertiary/aromatic N) is 1. The minimum absolute atomic E-state index is 0.0333. The first kappa shape index (κ1) is 19.9. The summed E-state index contributed by atoms with van der Waals surface area (Å²) in [7, 11) is 0. The molecule has 1 N–H and O–H groups in total. The lowest BCUT2D eigenvalue weighted by Crippen LogP contribution is -2.16. The van der Waals surface area contributed by atoms with Crippen molar-refractivity contribution < 1.29 is 19.5 Å². The summed E-state index contributed by atoms with van der Waals surface area (Å²) in [6.45, 7) is 0. The second-order valence-electron chi connectivity index (χ2n) is 6.84. The predicted octanol–water partition coefficient (Wildman–Crippen LogP) is 4.26. The van der Waals surface area contributed by atoms with Crippen LogP contribution in [-0.4, -0.2) is 27.6 Å². The summed E-state index contributed by atoms with van der Waals surface area (Å²) in [6, 6.07) is 5.50. The maximum absolute atomic E-state index is 12.9. The van der Waals surface area contributed by atoms with E-state index < -0.39 is 5.97 Å². The Bertz CT molecular complexity index is 871. The van der Waals surface area contributed by atoms with Gasteiger partial charge in [0, 0.05) is 27.8 Å². The fourth-order valence-electron chi connectivity index (χ4n) is 3.45. The van der Waals surface area contributed by atoms with Gasteiger partial charge in [-0.2, -0.15) is 0 Å². The van der Waals surface area contributed by atoms with Crippen LogP contribution in [0.1, 0.15) is 52.3 Å². The van der Waals surface area contributed by atoms with Crippen LogP contribution in [0.4, 0.5) is 0 Å². The molecule has 0 aliphatic heterocycles. The number of hydrogen-bond donors (Lipinski definition) is 1. The number of ketones is 2. The van der Waals surface area contributed by atoms with E-state index in [0.717, 1.165) is 35.7 Å². The van der Waals surface area contributed by atoms with Gasteiger partial charge in [-0.3, -0.25) is 14.4 Å². The molecule has 0 radical (unpaired) electrons. The summed E-state index contributed by atoms with van der Waals surface area (Å²) in [4.78, 5) is 40.3. The third kappa shape index (κ3) is 5.32. The quantitative estimate of drug-likeness (QED) is 0.608. The van der Waals surface area contributed by atoms with E-state index in [4.69, 9.17) is 5.11 Å². The van der Waals surface area contributed by atoms with Crippen molar-refractivity contribution in [3.63, 3.8) is 0 Å². The van der Waals surface area contributed by atoms with Crippen molar-refractivity contribution in [2.24, 2.45) is 5.92 Å². The second kappa shape index (κ2) is 8.89. The van der Waals surface area contributed by atoms with Crippen LogP contribution in [0.5, 0.6) is 0 Å². The summed E-state index contributed by atoms with van der Waals surface area (Å²) >= 11 is 4.72. The normalized spacial score (nSPS) is 14.4. The van der Waals surface area contributed by atoms with Gasteiger partial charge < -0.3 is 5.11 Å². The molecule has 0 spiro atoms. The van der Waals surface area contributed by atoms with Crippen LogP contribution in [-0.2, 0) is 28.9 Å². The van der Waals surface area contributed by atoms with Gasteiger partial charge in [0.15, 0.2) is 5.78 Å². The maximum atomic E-state index is 12.9. The Morgan fingerprint density at radius 1 is 1.15 bits per heavy atom. The summed E-state index contributed by atoms with van der Waals surface area (Å²) < 4.78 is 0.832. The molecule has 0 unspecified atom stereocenters. The van der Waals surface area contributed by atoms with Crippen LogP contribution in [0.25, 0.3) is 0 Å². The molecule has 2 aromatic rings. The first-order chi connectivity index (χ1) is 12.9. The minimum atomic E-state index is -0.942. The standard InChI is InChI=1S/C20H20BrNO4S/c21-14-6-5-13(17(8-14)20(26)12-3-1-2-4-12)7-16(23)10-18-22-15(11-27-18)9-19(24)25/h5-6,8,11-12H,1-4,7,9-10H2,(H,24,25). The van der Waals surface area contributed by atoms with E-state index in [0.29, 0.717) is 16.3 Å². The minimum Gasteiger partial charge on any atom is -0.481 e. The summed E-state index contributed by atoms with van der Waals surface area (Å²) in [5.41, 5.74) is 1.86. The zero-order chi connectivity index (χ0) is 19.4. The molecule has 1 aliphatic carbocycles. The topological polar surface area (TPSA) is 84.3 Å². The number of carbonyl (C=O) groups is 3. The van der Waals surface area contributed by atoms with Crippen molar-refractivity contribution in [2.75, 3.05) is 0 Å². The summed E-state index contributed by atoms with van der Waals surface area (Å²) in [6.07, 6.45) is 4.20. The van der Waals surface area contributed by atoms with Gasteiger partial charge in [0.1, 0.15) is 10.8 Å². The number of thiazole rings is 1. The lowest BCUT2D eigenvalue weighted by molar-refractivity contribution is -0.136. The average molecular weight is 450 g/mol. The lowest BCUT2D eigenvalue weighted by atomic mass is 9.91. The lowest BCUT2D eigenvalue weighted by Gasteiger charge is -2.13. The Balaban J connectivity index is 1.71. The van der Waals surface area contributed by atoms with Gasteiger partial charge >= 0.3 is 5.97 Å². The number of benzene rings is 1. The molecule has 1 saturated carbocycles. The molecule has 5 nitrogen and oxygen atoms in total. The molecule has 0 atom stereocenters. The molecule has 1 heterocycles. The van der Waals surface area contributed by atoms with Gasteiger partial charge in [0.25, 0.3) is 0 Å². The molecule has 1 aromatic carbocycles. The monoisotopic (exact) mass is 449 g/mol. The number of hydrogen-bond acceptors (Lipinski definition) is 5. The molecule has 142 valence electrons. The van der Waals surface area contributed by atoms with Gasteiger partial charge in [0.2, 0.25) is 0 Å². The van der Waals surface area contributed by atoms with Crippen LogP contribution in [0.3, 0.4) is 0 Å². The molecular formula is C20H20BrNO4S. The maximum Gasteiger partial charge on any atom is 0.309 e. The van der Waals surface area contributed by atoms with E-state index >= 15 is 0 Å². The van der Waals surface area contributed by atoms with Gasteiger partial charge in [0.05, 0.1) is 18.5 Å². The van der Waals surface area contributed by atoms with Crippen molar-refractivity contribution in [1.29, 1.82) is 0 Å². The SMILES string of the molecule is O=C(O)Cc1csc(CC(=O)Cc2ccc(Br)cc2C(=O)C2CCCC2)n1. The molecule has 1 aromatic heterocycles. The first-order valence-electron chi connectivity index (χ1n) is 8.92. The number of aromatic nitrogens is 1. The van der Waals surface area contributed by atoms with E-state index in [2.05, 4.69) is 20.9 Å². The highest BCUT2D eigenvalue weighted by Gasteiger charge is 2.26. The smallest absolute Gasteiger partial charge is 0.309 e. The molecule has 0 amide bonds. The van der Waals surface area contributed by atoms with Gasteiger partial charge in [-0.15, -0.1) is 11.3 Å². The van der Waals surface area contributed by atoms with E-state index in [-0.39, 0.29) is 36.7 Å². The Morgan fingerprint density at radius 3 is 2.59 bits per heavy atom. The first-order valence-corrected chi connectivity index (χ1v) is 10.6. The number of aliphatic carboxylic acids is 1. The molecule has 3 rings (SSSR count). The van der Waals surface area contributed by atoms with E-state index in [1.807, 2.05) is 18.2 Å². The Morgan fingerprint density at radius 2 is 1.89 bits per heavy atom. The number of Topliss-reactive ketones (excluding diaryl/α,β-unsaturated/α-hetero) is 2. The number of carboxylic acids is 1. The van der Waals surface area contributed by atoms with Crippen molar-refractivity contribution in [2.45, 2.75) is 44.9 Å². The molecule has 0 bridgehead atoms. The van der Waals surface area contributed by atoms with Crippen LogP contribution in [0.2, 0.25) is 0 Å². The number of carbonyl (C=O) groups excluding carboxylic acids is 2. The van der Waals surface area contributed by atoms with E-state index in [1.165, 1.54) is 11.3 Å². The number of carboxylic acid groups (broad SMARTS) is 1. The summed E-state index contributed by atoms with van der Waals surface area (Å²) in [5.74, 6) is -0.780. The Hall–Kier alpha value is -1.86. The molecule has 0 saturated heterocycles. The Kier molecular flexibility index (Phi) is 6.55. The number of rotatable bonds is 8. The van der Waals surface area contributed by atoms with Crippen LogP contribution in [0, 0.1) is 5.92 Å². The number of halogens is 1. The van der Waals surface area contributed by atoms with Gasteiger partial charge in [-0.1, -0.05) is 34.8 Å². The fourth-order valence-corrected chi connectivity index (χ4v) is 4.63. The highest BCUT2D eigenvalue weighted by atomic mass is 79.9. The van der Waals surface area contributed by atoms with E-state index in [1.54, 1.807) is 5.38 Å². The van der Waals surface area contributed by atoms with Gasteiger partial charge in [-0.05, 0) is 30.5 Å². The summed E-state index contributed by atoms with van der Waals surface area (Å²) in [5, 5.41) is 11.1. The zero-order valence-corrected chi connectivity index (χ0v) is 17.1. The van der Waals surface area contributed by atoms with Crippen molar-refractivity contribution in [1.82, 2.24) is 4.98 Å². The van der Waals surface area contributed by atoms with Crippen molar-refractivity contribution in [3.8, 4) is 0 Å². The molecular weight excluding hydrogens is 430 g/mol. The third-order valence-electron chi connectivity index (χ3n) is 4.73. The van der Waals surface area contributed by atoms with Crippen LogP contribution < -0.4 is 0 Å². The largest absolute Gasteiger partial charge is 0.481 e. The van der Waals surface area contributed by atoms with E-state index in [9.17, 15) is 14.4 Å². The highest BCUT2D eigenvalue weighted by molar-refractivity contribution is 9.10. The zero-order valence-electron chi connectivity index (χ0n) is 14.7. The van der Waals surface area contributed by atoms with Crippen molar-refractivity contribution in [3.05, 3.63) is 49.9 Å². The predicted molar refractivity (Wildman–Crippen MR) is 106 cm³/mol. The van der Waals surface area contributed by atoms with Crippen LogP contribution in [0.15, 0.2) is 28.1 Å². The average Bonchev–Trinajstić information content (AvgIpc) is 3.27. The highest BCUT2D eigenvalue weighted by Crippen LogP contribution is 2.30. The van der Waals surface area contributed by atoms with Crippen molar-refractivity contribution >= 4 is 44.8 Å². The van der Waals surface area contributed by atoms with Crippen LogP contribution >= 0.6 is 27.3 Å². The Labute approximate surface area is 170 Å². The third-order valence-corrected chi connectivity index (χ3v) is 6.12. The fraction of sp³-hybridized carbons (Fsp3) is 0.400. The second-order valence-corrected chi connectivity index (χ2v) is 8.70. The molecule has 27 heavy (non-hydrogen) atoms. The van der Waals surface area contributed by atoms with Gasteiger partial charge in [-0.25, -0.2) is 4.98 Å².